The molecule has 106 valence electrons. The highest BCUT2D eigenvalue weighted by molar-refractivity contribution is 5.92. The van der Waals surface area contributed by atoms with E-state index in [2.05, 4.69) is 17.2 Å². The van der Waals surface area contributed by atoms with Gasteiger partial charge in [-0.05, 0) is 38.8 Å². The predicted octanol–water partition coefficient (Wildman–Crippen LogP) is 1.96. The molecule has 0 radical (unpaired) electrons. The predicted molar refractivity (Wildman–Crippen MR) is 73.4 cm³/mol. The Morgan fingerprint density at radius 2 is 2.37 bits per heavy atom. The number of aryl methyl sites for hydroxylation is 1. The van der Waals surface area contributed by atoms with Crippen LogP contribution in [0.25, 0.3) is 0 Å². The van der Waals surface area contributed by atoms with Gasteiger partial charge >= 0.3 is 5.91 Å². The Bertz CT molecular complexity index is 442. The SMILES string of the molecule is CCC1CCCCN1Cc1cc(C)c(C(=O)NN)o1. The first-order valence-electron chi connectivity index (χ1n) is 7.00. The lowest BCUT2D eigenvalue weighted by atomic mass is 10.00. The minimum absolute atomic E-state index is 0.322. The Morgan fingerprint density at radius 1 is 1.58 bits per heavy atom. The minimum Gasteiger partial charge on any atom is -0.454 e. The van der Waals surface area contributed by atoms with Crippen molar-refractivity contribution in [1.82, 2.24) is 10.3 Å². The van der Waals surface area contributed by atoms with E-state index in [1.54, 1.807) is 0 Å². The van der Waals surface area contributed by atoms with E-state index in [-0.39, 0.29) is 5.91 Å². The summed E-state index contributed by atoms with van der Waals surface area (Å²) in [4.78, 5) is 14.0. The molecule has 1 aliphatic rings. The zero-order valence-electron chi connectivity index (χ0n) is 11.7. The van der Waals surface area contributed by atoms with Gasteiger partial charge in [0.1, 0.15) is 5.76 Å². The third-order valence-electron chi connectivity index (χ3n) is 3.89. The number of hydrogen-bond donors (Lipinski definition) is 2. The van der Waals surface area contributed by atoms with Crippen molar-refractivity contribution in [2.45, 2.75) is 52.1 Å². The van der Waals surface area contributed by atoms with Gasteiger partial charge in [-0.15, -0.1) is 0 Å². The molecule has 19 heavy (non-hydrogen) atoms. The van der Waals surface area contributed by atoms with Crippen LogP contribution in [0, 0.1) is 6.92 Å². The molecule has 1 fully saturated rings. The highest BCUT2D eigenvalue weighted by Gasteiger charge is 2.23. The number of hydrazine groups is 1. The zero-order chi connectivity index (χ0) is 13.8. The number of furan rings is 1. The summed E-state index contributed by atoms with van der Waals surface area (Å²) in [5, 5.41) is 0. The number of carbonyl (C=O) groups is 1. The lowest BCUT2D eigenvalue weighted by Crippen LogP contribution is -2.38. The number of nitrogens with two attached hydrogens (primary N) is 1. The number of nitrogens with one attached hydrogen (secondary N) is 1. The van der Waals surface area contributed by atoms with Crippen molar-refractivity contribution >= 4 is 5.91 Å². The fraction of sp³-hybridized carbons (Fsp3) is 0.643. The Kier molecular flexibility index (Phi) is 4.61. The number of amides is 1. The molecule has 5 heteroatoms. The van der Waals surface area contributed by atoms with Crippen molar-refractivity contribution in [3.05, 3.63) is 23.2 Å². The smallest absolute Gasteiger partial charge is 0.301 e. The normalized spacial score (nSPS) is 20.5. The molecule has 0 saturated carbocycles. The molecule has 1 aromatic rings. The first-order chi connectivity index (χ1) is 9.15. The molecule has 0 aromatic carbocycles. The molecule has 1 amide bonds. The Morgan fingerprint density at radius 3 is 3.05 bits per heavy atom. The van der Waals surface area contributed by atoms with Crippen LogP contribution in [0.5, 0.6) is 0 Å². The highest BCUT2D eigenvalue weighted by Crippen LogP contribution is 2.23. The van der Waals surface area contributed by atoms with E-state index >= 15 is 0 Å². The van der Waals surface area contributed by atoms with Crippen LogP contribution in [0.1, 0.15) is 54.5 Å². The second-order valence-corrected chi connectivity index (χ2v) is 5.23. The van der Waals surface area contributed by atoms with E-state index in [1.807, 2.05) is 13.0 Å². The van der Waals surface area contributed by atoms with Crippen LogP contribution >= 0.6 is 0 Å². The lowest BCUT2D eigenvalue weighted by molar-refractivity contribution is 0.0914. The van der Waals surface area contributed by atoms with Gasteiger partial charge < -0.3 is 4.42 Å². The molecule has 5 nitrogen and oxygen atoms in total. The van der Waals surface area contributed by atoms with Crippen LogP contribution in [-0.2, 0) is 6.54 Å². The topological polar surface area (TPSA) is 71.5 Å². The van der Waals surface area contributed by atoms with Crippen LogP contribution in [0.4, 0.5) is 0 Å². The van der Waals surface area contributed by atoms with Crippen LogP contribution < -0.4 is 11.3 Å². The van der Waals surface area contributed by atoms with Crippen molar-refractivity contribution in [2.24, 2.45) is 5.84 Å². The summed E-state index contributed by atoms with van der Waals surface area (Å²) in [5.74, 6) is 5.94. The fourth-order valence-corrected chi connectivity index (χ4v) is 2.85. The molecule has 1 unspecified atom stereocenters. The minimum atomic E-state index is -0.366. The third-order valence-corrected chi connectivity index (χ3v) is 3.89. The molecule has 2 rings (SSSR count). The molecular weight excluding hydrogens is 242 g/mol. The van der Waals surface area contributed by atoms with E-state index in [9.17, 15) is 4.79 Å². The Balaban J connectivity index is 2.08. The lowest BCUT2D eigenvalue weighted by Gasteiger charge is -2.34. The van der Waals surface area contributed by atoms with Crippen LogP contribution in [0.15, 0.2) is 10.5 Å². The van der Waals surface area contributed by atoms with E-state index < -0.39 is 0 Å². The first-order valence-corrected chi connectivity index (χ1v) is 7.00. The molecular formula is C14H23N3O2. The Labute approximate surface area is 114 Å². The summed E-state index contributed by atoms with van der Waals surface area (Å²) >= 11 is 0. The van der Waals surface area contributed by atoms with Gasteiger partial charge in [-0.25, -0.2) is 5.84 Å². The average Bonchev–Trinajstić information content (AvgIpc) is 2.79. The van der Waals surface area contributed by atoms with Crippen molar-refractivity contribution in [1.29, 1.82) is 0 Å². The molecule has 0 bridgehead atoms. The summed E-state index contributed by atoms with van der Waals surface area (Å²) < 4.78 is 5.63. The molecule has 0 spiro atoms. The number of piperidine rings is 1. The van der Waals surface area contributed by atoms with Gasteiger partial charge in [0, 0.05) is 11.6 Å². The summed E-state index contributed by atoms with van der Waals surface area (Å²) in [5.41, 5.74) is 2.95. The van der Waals surface area contributed by atoms with Gasteiger partial charge in [-0.2, -0.15) is 0 Å². The van der Waals surface area contributed by atoms with E-state index in [0.717, 1.165) is 30.8 Å². The van der Waals surface area contributed by atoms with Crippen molar-refractivity contribution in [2.75, 3.05) is 6.54 Å². The number of nitrogens with zero attached hydrogens (tertiary/aromatic N) is 1. The highest BCUT2D eigenvalue weighted by atomic mass is 16.4. The molecule has 2 heterocycles. The second kappa shape index (κ2) is 6.21. The number of rotatable bonds is 4. The number of hydrogen-bond acceptors (Lipinski definition) is 4. The van der Waals surface area contributed by atoms with E-state index in [0.29, 0.717) is 11.8 Å². The van der Waals surface area contributed by atoms with E-state index in [4.69, 9.17) is 10.3 Å². The maximum absolute atomic E-state index is 11.5. The quantitative estimate of drug-likeness (QED) is 0.496. The van der Waals surface area contributed by atoms with Crippen LogP contribution in [0.3, 0.4) is 0 Å². The van der Waals surface area contributed by atoms with Gasteiger partial charge in [0.2, 0.25) is 0 Å². The standard InChI is InChI=1S/C14H23N3O2/c1-3-11-6-4-5-7-17(11)9-12-8-10(2)13(19-12)14(18)16-15/h8,11H,3-7,9,15H2,1-2H3,(H,16,18). The van der Waals surface area contributed by atoms with Crippen LogP contribution in [-0.4, -0.2) is 23.4 Å². The molecule has 1 aromatic heterocycles. The van der Waals surface area contributed by atoms with Gasteiger partial charge in [0.15, 0.2) is 5.76 Å². The van der Waals surface area contributed by atoms with Crippen molar-refractivity contribution < 1.29 is 9.21 Å². The molecule has 1 aliphatic heterocycles. The monoisotopic (exact) mass is 265 g/mol. The number of carbonyl (C=O) groups excluding carboxylic acids is 1. The first kappa shape index (κ1) is 14.1. The third kappa shape index (κ3) is 3.16. The zero-order valence-corrected chi connectivity index (χ0v) is 11.7. The molecule has 3 N–H and O–H groups in total. The Hall–Kier alpha value is -1.33. The molecule has 0 aliphatic carbocycles. The van der Waals surface area contributed by atoms with Crippen LogP contribution in [0.2, 0.25) is 0 Å². The summed E-state index contributed by atoms with van der Waals surface area (Å²) in [6.07, 6.45) is 4.97. The van der Waals surface area contributed by atoms with Crippen molar-refractivity contribution in [3.63, 3.8) is 0 Å². The number of nitrogen functional groups attached to an aromatic ring is 1. The molecule has 1 atom stereocenters. The van der Waals surface area contributed by atoms with E-state index in [1.165, 1.54) is 19.3 Å². The van der Waals surface area contributed by atoms with Gasteiger partial charge in [0.05, 0.1) is 6.54 Å². The maximum atomic E-state index is 11.5. The van der Waals surface area contributed by atoms with Gasteiger partial charge in [-0.3, -0.25) is 15.1 Å². The molecule has 1 saturated heterocycles. The summed E-state index contributed by atoms with van der Waals surface area (Å²) in [7, 11) is 0. The van der Waals surface area contributed by atoms with Crippen molar-refractivity contribution in [3.8, 4) is 0 Å². The summed E-state index contributed by atoms with van der Waals surface area (Å²) in [6.45, 7) is 5.97. The average molecular weight is 265 g/mol. The largest absolute Gasteiger partial charge is 0.454 e. The van der Waals surface area contributed by atoms with Gasteiger partial charge in [0.25, 0.3) is 0 Å². The number of likely N-dealkylation sites (tertiary alicyclic amines) is 1. The fourth-order valence-electron chi connectivity index (χ4n) is 2.85. The maximum Gasteiger partial charge on any atom is 0.301 e. The second-order valence-electron chi connectivity index (χ2n) is 5.23. The summed E-state index contributed by atoms with van der Waals surface area (Å²) in [6, 6.07) is 2.57. The van der Waals surface area contributed by atoms with Gasteiger partial charge in [-0.1, -0.05) is 13.3 Å².